The molecule has 0 bridgehead atoms. The van der Waals surface area contributed by atoms with Gasteiger partial charge < -0.3 is 9.88 Å². The van der Waals surface area contributed by atoms with Crippen LogP contribution in [0, 0.1) is 13.8 Å². The van der Waals surface area contributed by atoms with Crippen molar-refractivity contribution in [3.05, 3.63) is 99.6 Å². The van der Waals surface area contributed by atoms with E-state index in [-0.39, 0.29) is 5.91 Å². The Kier molecular flexibility index (Phi) is 5.73. The van der Waals surface area contributed by atoms with Crippen molar-refractivity contribution in [3.63, 3.8) is 0 Å². The quantitative estimate of drug-likeness (QED) is 0.343. The highest BCUT2D eigenvalue weighted by Crippen LogP contribution is 2.37. The van der Waals surface area contributed by atoms with Gasteiger partial charge >= 0.3 is 0 Å². The van der Waals surface area contributed by atoms with Crippen LogP contribution in [0.15, 0.2) is 61.2 Å². The minimum absolute atomic E-state index is 0.282. The van der Waals surface area contributed by atoms with Gasteiger partial charge in [0.1, 0.15) is 18.0 Å². The van der Waals surface area contributed by atoms with Crippen LogP contribution in [0.4, 0.5) is 0 Å². The predicted molar refractivity (Wildman–Crippen MR) is 142 cm³/mol. The molecule has 37 heavy (non-hydrogen) atoms. The summed E-state index contributed by atoms with van der Waals surface area (Å²) in [6, 6.07) is 13.3. The zero-order valence-corrected chi connectivity index (χ0v) is 21.8. The van der Waals surface area contributed by atoms with Gasteiger partial charge in [-0.25, -0.2) is 14.6 Å². The van der Waals surface area contributed by atoms with E-state index in [1.165, 1.54) is 0 Å². The maximum atomic E-state index is 13.7. The van der Waals surface area contributed by atoms with Gasteiger partial charge in [-0.05, 0) is 67.8 Å². The number of rotatable bonds is 4. The van der Waals surface area contributed by atoms with Crippen molar-refractivity contribution in [1.82, 2.24) is 34.6 Å². The maximum Gasteiger partial charge on any atom is 0.253 e. The fourth-order valence-electron chi connectivity index (χ4n) is 5.00. The monoisotopic (exact) mass is 531 g/mol. The average Bonchev–Trinajstić information content (AvgIpc) is 3.46. The Morgan fingerprint density at radius 3 is 2.70 bits per heavy atom. The van der Waals surface area contributed by atoms with E-state index < -0.39 is 5.54 Å². The normalized spacial score (nSPS) is 17.1. The maximum absolute atomic E-state index is 13.7. The molecule has 1 aliphatic heterocycles. The van der Waals surface area contributed by atoms with Crippen LogP contribution in [-0.4, -0.2) is 35.2 Å². The number of aryl methyl sites for hydroxylation is 3. The third-order valence-corrected chi connectivity index (χ3v) is 7.38. The number of benzene rings is 2. The lowest BCUT2D eigenvalue weighted by molar-refractivity contribution is 0.0867. The lowest BCUT2D eigenvalue weighted by Crippen LogP contribution is -2.51. The van der Waals surface area contributed by atoms with Crippen molar-refractivity contribution in [3.8, 4) is 5.69 Å². The number of imidazole rings is 1. The topological polar surface area (TPSA) is 90.5 Å². The van der Waals surface area contributed by atoms with Gasteiger partial charge in [0.25, 0.3) is 5.91 Å². The molecule has 0 radical (unpaired) electrons. The largest absolute Gasteiger partial charge is 0.341 e. The predicted octanol–water partition coefficient (Wildman–Crippen LogP) is 5.21. The average molecular weight is 532 g/mol. The molecule has 0 aliphatic carbocycles. The van der Waals surface area contributed by atoms with E-state index in [0.717, 1.165) is 33.7 Å². The van der Waals surface area contributed by atoms with Gasteiger partial charge in [-0.2, -0.15) is 5.10 Å². The Morgan fingerprint density at radius 2 is 1.95 bits per heavy atom. The number of pyridine rings is 1. The summed E-state index contributed by atoms with van der Waals surface area (Å²) in [4.78, 5) is 27.0. The van der Waals surface area contributed by atoms with E-state index in [4.69, 9.17) is 28.2 Å². The molecule has 6 rings (SSSR count). The SMILES string of the molecule is Cc1ccc2c(c1)nc1n2CC(NC(=O)c2ccc(-n3cnc(C)n3)cc2Cl)(c2cncc(Cl)c2)CC1. The molecule has 1 atom stereocenters. The molecular weight excluding hydrogens is 509 g/mol. The second-order valence-electron chi connectivity index (χ2n) is 9.43. The van der Waals surface area contributed by atoms with E-state index >= 15 is 0 Å². The number of hydrogen-bond acceptors (Lipinski definition) is 5. The molecule has 3 aromatic heterocycles. The summed E-state index contributed by atoms with van der Waals surface area (Å²) in [5, 5.41) is 8.44. The standard InChI is InChI=1S/C27H23Cl2N7O/c1-16-3-6-24-23(9-16)32-25-7-8-27(14-35(24)25,18-10-19(28)13-30-12-18)33-26(37)21-5-4-20(11-22(21)29)36-15-31-17(2)34-36/h3-6,9-13,15H,7-8,14H2,1-2H3,(H,33,37). The van der Waals surface area contributed by atoms with Gasteiger partial charge in [0.15, 0.2) is 0 Å². The molecular formula is C27H23Cl2N7O. The van der Waals surface area contributed by atoms with Crippen molar-refractivity contribution < 1.29 is 4.79 Å². The van der Waals surface area contributed by atoms with E-state index in [2.05, 4.69) is 50.1 Å². The zero-order chi connectivity index (χ0) is 25.7. The Morgan fingerprint density at radius 1 is 1.08 bits per heavy atom. The number of hydrogen-bond donors (Lipinski definition) is 1. The summed E-state index contributed by atoms with van der Waals surface area (Å²) in [7, 11) is 0. The molecule has 1 unspecified atom stereocenters. The summed E-state index contributed by atoms with van der Waals surface area (Å²) < 4.78 is 3.80. The Labute approximate surface area is 223 Å². The molecule has 5 aromatic rings. The second-order valence-corrected chi connectivity index (χ2v) is 10.3. The summed E-state index contributed by atoms with van der Waals surface area (Å²) in [6.07, 6.45) is 6.28. The van der Waals surface area contributed by atoms with Gasteiger partial charge in [0.05, 0.1) is 44.4 Å². The fraction of sp³-hybridized carbons (Fsp3) is 0.222. The van der Waals surface area contributed by atoms with E-state index in [9.17, 15) is 4.79 Å². The van der Waals surface area contributed by atoms with Crippen LogP contribution >= 0.6 is 23.2 Å². The highest BCUT2D eigenvalue weighted by molar-refractivity contribution is 6.34. The minimum atomic E-state index is -0.758. The molecule has 8 nitrogen and oxygen atoms in total. The number of nitrogens with zero attached hydrogens (tertiary/aromatic N) is 6. The van der Waals surface area contributed by atoms with Crippen molar-refractivity contribution >= 4 is 40.1 Å². The Bertz CT molecular complexity index is 1670. The van der Waals surface area contributed by atoms with Crippen molar-refractivity contribution in [2.45, 2.75) is 38.8 Å². The van der Waals surface area contributed by atoms with Crippen molar-refractivity contribution in [2.75, 3.05) is 0 Å². The fourth-order valence-corrected chi connectivity index (χ4v) is 5.43. The lowest BCUT2D eigenvalue weighted by Gasteiger charge is -2.39. The summed E-state index contributed by atoms with van der Waals surface area (Å²) in [6.45, 7) is 4.35. The van der Waals surface area contributed by atoms with Crippen LogP contribution in [0.2, 0.25) is 10.0 Å². The molecule has 186 valence electrons. The Balaban J connectivity index is 1.39. The van der Waals surface area contributed by atoms with Crippen molar-refractivity contribution in [2.24, 2.45) is 0 Å². The van der Waals surface area contributed by atoms with Crippen LogP contribution in [0.25, 0.3) is 16.7 Å². The number of carbonyl (C=O) groups excluding carboxylic acids is 1. The first-order valence-corrected chi connectivity index (χ1v) is 12.6. The molecule has 1 aliphatic rings. The van der Waals surface area contributed by atoms with Crippen LogP contribution in [-0.2, 0) is 18.5 Å². The van der Waals surface area contributed by atoms with Gasteiger partial charge in [0, 0.05) is 18.8 Å². The van der Waals surface area contributed by atoms with E-state index in [0.29, 0.717) is 40.8 Å². The van der Waals surface area contributed by atoms with E-state index in [1.807, 2.05) is 13.0 Å². The number of halogens is 2. The summed E-state index contributed by atoms with van der Waals surface area (Å²) in [5.74, 6) is 1.36. The molecule has 2 aromatic carbocycles. The first-order valence-electron chi connectivity index (χ1n) is 11.9. The summed E-state index contributed by atoms with van der Waals surface area (Å²) in [5.41, 5.74) is 4.29. The Hall–Kier alpha value is -3.75. The van der Waals surface area contributed by atoms with Crippen LogP contribution in [0.5, 0.6) is 0 Å². The van der Waals surface area contributed by atoms with E-state index in [1.54, 1.807) is 41.6 Å². The number of carbonyl (C=O) groups is 1. The van der Waals surface area contributed by atoms with Crippen LogP contribution in [0.1, 0.15) is 39.6 Å². The minimum Gasteiger partial charge on any atom is -0.341 e. The van der Waals surface area contributed by atoms with Gasteiger partial charge in [0.2, 0.25) is 0 Å². The lowest BCUT2D eigenvalue weighted by atomic mass is 9.83. The van der Waals surface area contributed by atoms with Gasteiger partial charge in [-0.1, -0.05) is 29.3 Å². The molecule has 4 heterocycles. The first kappa shape index (κ1) is 23.6. The third kappa shape index (κ3) is 4.26. The van der Waals surface area contributed by atoms with Crippen LogP contribution in [0.3, 0.4) is 0 Å². The third-order valence-electron chi connectivity index (χ3n) is 6.86. The number of aromatic nitrogens is 6. The molecule has 1 N–H and O–H groups in total. The second kappa shape index (κ2) is 8.97. The van der Waals surface area contributed by atoms with Crippen molar-refractivity contribution in [1.29, 1.82) is 0 Å². The number of fused-ring (bicyclic) bond motifs is 3. The zero-order valence-electron chi connectivity index (χ0n) is 20.2. The molecule has 10 heteroatoms. The van der Waals surface area contributed by atoms with Crippen LogP contribution < -0.4 is 5.32 Å². The van der Waals surface area contributed by atoms with Gasteiger partial charge in [-0.3, -0.25) is 9.78 Å². The molecule has 1 amide bonds. The highest BCUT2D eigenvalue weighted by atomic mass is 35.5. The number of nitrogens with one attached hydrogen (secondary N) is 1. The molecule has 0 fully saturated rings. The van der Waals surface area contributed by atoms with Gasteiger partial charge in [-0.15, -0.1) is 0 Å². The first-order chi connectivity index (χ1) is 17.8. The molecule has 0 spiro atoms. The number of amides is 1. The molecule has 0 saturated carbocycles. The summed E-state index contributed by atoms with van der Waals surface area (Å²) >= 11 is 12.9. The highest BCUT2D eigenvalue weighted by Gasteiger charge is 2.40. The smallest absolute Gasteiger partial charge is 0.253 e. The molecule has 0 saturated heterocycles.